The lowest BCUT2D eigenvalue weighted by Gasteiger charge is -2.21. The average Bonchev–Trinajstić information content (AvgIpc) is 2.70. The fourth-order valence-electron chi connectivity index (χ4n) is 3.57. The topological polar surface area (TPSA) is 86.9 Å². The average molecular weight is 442 g/mol. The molecule has 8 heteroatoms. The Balaban J connectivity index is 2.10. The Morgan fingerprint density at radius 1 is 1.09 bits per heavy atom. The number of halogens is 3. The Labute approximate surface area is 184 Å². The first kappa shape index (κ1) is 23.3. The summed E-state index contributed by atoms with van der Waals surface area (Å²) in [5.41, 5.74) is 14.7. The molecule has 1 unspecified atom stereocenters. The number of anilines is 1. The second-order valence-electron chi connectivity index (χ2n) is 7.76. The fraction of sp³-hybridized carbons (Fsp3) is 0.250. The van der Waals surface area contributed by atoms with Crippen molar-refractivity contribution in [1.82, 2.24) is 9.55 Å². The number of aryl methyl sites for hydroxylation is 2. The highest BCUT2D eigenvalue weighted by atomic mass is 19.4. The maximum Gasteiger partial charge on any atom is 0.399 e. The number of hydrogen-bond acceptors (Lipinski definition) is 4. The molecule has 3 rings (SSSR count). The molecule has 0 aliphatic heterocycles. The summed E-state index contributed by atoms with van der Waals surface area (Å²) in [5.74, 6) is -1.81. The van der Waals surface area contributed by atoms with Gasteiger partial charge in [0.15, 0.2) is 0 Å². The predicted octanol–water partition coefficient (Wildman–Crippen LogP) is 4.56. The van der Waals surface area contributed by atoms with E-state index in [0.717, 1.165) is 17.2 Å². The molecule has 4 N–H and O–H groups in total. The van der Waals surface area contributed by atoms with Crippen LogP contribution in [0.1, 0.15) is 39.3 Å². The summed E-state index contributed by atoms with van der Waals surface area (Å²) >= 11 is 0. The molecule has 2 aromatic carbocycles. The van der Waals surface area contributed by atoms with Crippen molar-refractivity contribution in [2.45, 2.75) is 39.4 Å². The highest BCUT2D eigenvalue weighted by Crippen LogP contribution is 2.38. The van der Waals surface area contributed by atoms with Gasteiger partial charge in [-0.3, -0.25) is 4.57 Å². The van der Waals surface area contributed by atoms with Crippen LogP contribution in [-0.2, 0) is 6.54 Å². The molecule has 3 aromatic rings. The maximum absolute atomic E-state index is 14.0. The van der Waals surface area contributed by atoms with Crippen LogP contribution in [0.2, 0.25) is 0 Å². The van der Waals surface area contributed by atoms with E-state index in [4.69, 9.17) is 11.5 Å². The molecule has 0 aliphatic rings. The molecule has 0 aliphatic carbocycles. The molecular formula is C24H25F3N4O. The van der Waals surface area contributed by atoms with Gasteiger partial charge in [-0.2, -0.15) is 18.2 Å². The molecule has 5 nitrogen and oxygen atoms in total. The summed E-state index contributed by atoms with van der Waals surface area (Å²) < 4.78 is 43.3. The molecule has 1 atom stereocenters. The second-order valence-corrected chi connectivity index (χ2v) is 7.76. The van der Waals surface area contributed by atoms with Crippen LogP contribution in [0.3, 0.4) is 0 Å². The zero-order valence-electron chi connectivity index (χ0n) is 18.1. The third-order valence-corrected chi connectivity index (χ3v) is 5.53. The molecule has 0 spiro atoms. The third-order valence-electron chi connectivity index (χ3n) is 5.53. The van der Waals surface area contributed by atoms with E-state index >= 15 is 0 Å². The van der Waals surface area contributed by atoms with Gasteiger partial charge in [0.1, 0.15) is 5.82 Å². The molecule has 0 saturated heterocycles. The van der Waals surface area contributed by atoms with Crippen molar-refractivity contribution < 1.29 is 13.2 Å². The van der Waals surface area contributed by atoms with Crippen LogP contribution in [0.15, 0.2) is 53.5 Å². The Kier molecular flexibility index (Phi) is 6.55. The molecule has 32 heavy (non-hydrogen) atoms. The number of hydrogen-bond donors (Lipinski definition) is 2. The summed E-state index contributed by atoms with van der Waals surface area (Å²) in [4.78, 5) is 16.0. The molecule has 0 radical (unpaired) electrons. The van der Waals surface area contributed by atoms with Gasteiger partial charge in [0.2, 0.25) is 0 Å². The van der Waals surface area contributed by atoms with Crippen LogP contribution < -0.4 is 17.2 Å². The van der Waals surface area contributed by atoms with Crippen LogP contribution in [0.5, 0.6) is 0 Å². The van der Waals surface area contributed by atoms with Crippen molar-refractivity contribution in [3.63, 3.8) is 0 Å². The largest absolute Gasteiger partial charge is 0.399 e. The minimum atomic E-state index is -4.52. The zero-order valence-corrected chi connectivity index (χ0v) is 18.1. The standard InChI is InChI=1S/C24H25F3N4O/c1-14-11-19(12-21(16(14)3)31-9-8-22(29)30-23(31)32)20(24(25,26)27)7-5-17-4-6-18(13-28)15(2)10-17/h4-12,20H,13,28H2,1-3H3,(H2,29,30,32)/b7-5+. The van der Waals surface area contributed by atoms with Gasteiger partial charge in [0.05, 0.1) is 11.6 Å². The summed E-state index contributed by atoms with van der Waals surface area (Å²) in [6, 6.07) is 9.67. The van der Waals surface area contributed by atoms with E-state index in [2.05, 4.69) is 4.98 Å². The maximum atomic E-state index is 14.0. The Morgan fingerprint density at radius 3 is 2.41 bits per heavy atom. The summed E-state index contributed by atoms with van der Waals surface area (Å²) in [5, 5.41) is 0. The lowest BCUT2D eigenvalue weighted by atomic mass is 9.92. The van der Waals surface area contributed by atoms with E-state index in [0.29, 0.717) is 28.9 Å². The van der Waals surface area contributed by atoms with Crippen LogP contribution in [0.4, 0.5) is 19.0 Å². The molecule has 168 valence electrons. The SMILES string of the molecule is Cc1cc(/C=C/C(c2cc(C)c(C)c(-n3ccc(N)nc3=O)c2)C(F)(F)F)ccc1CN. The van der Waals surface area contributed by atoms with E-state index in [1.54, 1.807) is 26.0 Å². The lowest BCUT2D eigenvalue weighted by Crippen LogP contribution is -2.24. The van der Waals surface area contributed by atoms with Gasteiger partial charge >= 0.3 is 11.9 Å². The minimum Gasteiger partial charge on any atom is -0.383 e. The molecule has 0 fully saturated rings. The fourth-order valence-corrected chi connectivity index (χ4v) is 3.57. The summed E-state index contributed by atoms with van der Waals surface area (Å²) in [6.07, 6.45) is -0.519. The van der Waals surface area contributed by atoms with Crippen molar-refractivity contribution in [3.05, 3.63) is 92.5 Å². The van der Waals surface area contributed by atoms with Crippen LogP contribution in [0, 0.1) is 20.8 Å². The van der Waals surface area contributed by atoms with E-state index in [1.165, 1.54) is 35.0 Å². The van der Waals surface area contributed by atoms with Gasteiger partial charge in [0, 0.05) is 12.7 Å². The Bertz CT molecular complexity index is 1230. The number of aromatic nitrogens is 2. The van der Waals surface area contributed by atoms with Gasteiger partial charge in [-0.25, -0.2) is 4.79 Å². The normalized spacial score (nSPS) is 13.0. The van der Waals surface area contributed by atoms with Crippen molar-refractivity contribution in [2.24, 2.45) is 5.73 Å². The van der Waals surface area contributed by atoms with E-state index in [9.17, 15) is 18.0 Å². The first-order valence-electron chi connectivity index (χ1n) is 10.0. The molecule has 1 aromatic heterocycles. The first-order valence-corrected chi connectivity index (χ1v) is 10.0. The number of alkyl halides is 3. The number of nitrogen functional groups attached to an aromatic ring is 1. The number of nitrogens with two attached hydrogens (primary N) is 2. The van der Waals surface area contributed by atoms with Crippen LogP contribution in [-0.4, -0.2) is 15.7 Å². The smallest absolute Gasteiger partial charge is 0.383 e. The number of rotatable bonds is 5. The Morgan fingerprint density at radius 2 is 1.81 bits per heavy atom. The second kappa shape index (κ2) is 9.00. The number of nitrogens with zero attached hydrogens (tertiary/aromatic N) is 2. The van der Waals surface area contributed by atoms with E-state index < -0.39 is 17.8 Å². The number of allylic oxidation sites excluding steroid dienone is 1. The van der Waals surface area contributed by atoms with Gasteiger partial charge in [-0.05, 0) is 66.3 Å². The number of benzene rings is 2. The quantitative estimate of drug-likeness (QED) is 0.607. The van der Waals surface area contributed by atoms with Crippen molar-refractivity contribution in [3.8, 4) is 5.69 Å². The van der Waals surface area contributed by atoms with Crippen molar-refractivity contribution >= 4 is 11.9 Å². The van der Waals surface area contributed by atoms with Gasteiger partial charge in [0.25, 0.3) is 0 Å². The first-order chi connectivity index (χ1) is 15.0. The monoisotopic (exact) mass is 442 g/mol. The van der Waals surface area contributed by atoms with Crippen LogP contribution >= 0.6 is 0 Å². The zero-order chi connectivity index (χ0) is 23.6. The molecule has 1 heterocycles. The van der Waals surface area contributed by atoms with Gasteiger partial charge in [-0.15, -0.1) is 0 Å². The van der Waals surface area contributed by atoms with Gasteiger partial charge in [-0.1, -0.05) is 36.4 Å². The summed E-state index contributed by atoms with van der Waals surface area (Å²) in [7, 11) is 0. The molecule has 0 bridgehead atoms. The van der Waals surface area contributed by atoms with Crippen molar-refractivity contribution in [2.75, 3.05) is 5.73 Å². The van der Waals surface area contributed by atoms with E-state index in [-0.39, 0.29) is 11.4 Å². The molecule has 0 amide bonds. The molecule has 0 saturated carbocycles. The highest BCUT2D eigenvalue weighted by Gasteiger charge is 2.39. The Hall–Kier alpha value is -3.39. The highest BCUT2D eigenvalue weighted by molar-refractivity contribution is 5.55. The minimum absolute atomic E-state index is 0.0332. The molecular weight excluding hydrogens is 417 g/mol. The van der Waals surface area contributed by atoms with Gasteiger partial charge < -0.3 is 11.5 Å². The third kappa shape index (κ3) is 4.91. The van der Waals surface area contributed by atoms with Crippen molar-refractivity contribution in [1.29, 1.82) is 0 Å². The predicted molar refractivity (Wildman–Crippen MR) is 121 cm³/mol. The lowest BCUT2D eigenvalue weighted by molar-refractivity contribution is -0.139. The van der Waals surface area contributed by atoms with E-state index in [1.807, 2.05) is 13.0 Å². The van der Waals surface area contributed by atoms with Crippen LogP contribution in [0.25, 0.3) is 11.8 Å². The summed E-state index contributed by atoms with van der Waals surface area (Å²) in [6.45, 7) is 5.70.